The average Bonchev–Trinajstić information content (AvgIpc) is 2.59. The highest BCUT2D eigenvalue weighted by Crippen LogP contribution is 2.38. The Morgan fingerprint density at radius 1 is 1.12 bits per heavy atom. The van der Waals surface area contributed by atoms with Crippen LogP contribution in [0.2, 0.25) is 0 Å². The van der Waals surface area contributed by atoms with Crippen LogP contribution in [0.3, 0.4) is 0 Å². The van der Waals surface area contributed by atoms with Crippen LogP contribution in [0.5, 0.6) is 0 Å². The van der Waals surface area contributed by atoms with Crippen molar-refractivity contribution < 1.29 is 0 Å². The Morgan fingerprint density at radius 3 is 2.77 bits per heavy atom. The first-order chi connectivity index (χ1) is 12.7. The lowest BCUT2D eigenvalue weighted by molar-refractivity contribution is 0.0879. The van der Waals surface area contributed by atoms with Crippen molar-refractivity contribution >= 4 is 5.82 Å². The second kappa shape index (κ2) is 6.20. The molecule has 0 radical (unpaired) electrons. The molecule has 5 rings (SSSR count). The maximum atomic E-state index is 12.8. The van der Waals surface area contributed by atoms with E-state index in [0.717, 1.165) is 36.8 Å². The monoisotopic (exact) mass is 351 g/mol. The summed E-state index contributed by atoms with van der Waals surface area (Å²) in [4.78, 5) is 23.7. The summed E-state index contributed by atoms with van der Waals surface area (Å²) in [6.45, 7) is 4.29. The molecule has 2 bridgehead atoms. The lowest BCUT2D eigenvalue weighted by Crippen LogP contribution is -2.48. The number of anilines is 1. The minimum Gasteiger partial charge on any atom is -0.384 e. The molecule has 26 heavy (non-hydrogen) atoms. The summed E-state index contributed by atoms with van der Waals surface area (Å²) in [5.74, 6) is 2.36. The summed E-state index contributed by atoms with van der Waals surface area (Å²) in [5, 5.41) is 0. The SMILES string of the molecule is Nc1cc(-c2cc3n(c(=O)c2)C[C@H]2C[C@@H]3CN(CC3CCC3)C2)ncn1. The Hall–Kier alpha value is -2.21. The third-order valence-electron chi connectivity index (χ3n) is 6.36. The number of aromatic nitrogens is 3. The van der Waals surface area contributed by atoms with Crippen LogP contribution < -0.4 is 11.3 Å². The first-order valence-corrected chi connectivity index (χ1v) is 9.71. The minimum absolute atomic E-state index is 0.0804. The van der Waals surface area contributed by atoms with Gasteiger partial charge in [0.2, 0.25) is 0 Å². The average molecular weight is 351 g/mol. The molecule has 4 heterocycles. The topological polar surface area (TPSA) is 77.0 Å². The maximum Gasteiger partial charge on any atom is 0.251 e. The molecular formula is C20H25N5O. The third-order valence-corrected chi connectivity index (χ3v) is 6.36. The lowest BCUT2D eigenvalue weighted by atomic mass is 9.80. The van der Waals surface area contributed by atoms with Crippen LogP contribution >= 0.6 is 0 Å². The predicted octanol–water partition coefficient (Wildman–Crippen LogP) is 2.11. The van der Waals surface area contributed by atoms with Crippen LogP contribution in [0.1, 0.15) is 37.3 Å². The number of nitrogen functional groups attached to an aromatic ring is 1. The number of hydrogen-bond donors (Lipinski definition) is 1. The van der Waals surface area contributed by atoms with E-state index in [2.05, 4.69) is 20.9 Å². The third kappa shape index (κ3) is 2.82. The molecule has 2 aromatic heterocycles. The Bertz CT molecular complexity index is 888. The van der Waals surface area contributed by atoms with E-state index < -0.39 is 0 Å². The highest BCUT2D eigenvalue weighted by atomic mass is 16.1. The molecule has 2 aliphatic heterocycles. The maximum absolute atomic E-state index is 12.8. The zero-order chi connectivity index (χ0) is 17.7. The molecule has 6 nitrogen and oxygen atoms in total. The summed E-state index contributed by atoms with van der Waals surface area (Å²) in [6, 6.07) is 5.58. The van der Waals surface area contributed by atoms with E-state index in [0.29, 0.717) is 17.7 Å². The number of fused-ring (bicyclic) bond motifs is 4. The molecule has 1 saturated carbocycles. The highest BCUT2D eigenvalue weighted by molar-refractivity contribution is 5.61. The fourth-order valence-corrected chi connectivity index (χ4v) is 4.93. The van der Waals surface area contributed by atoms with Crippen LogP contribution in [0.15, 0.2) is 29.3 Å². The number of piperidine rings is 1. The van der Waals surface area contributed by atoms with Gasteiger partial charge in [-0.05, 0) is 37.2 Å². The van der Waals surface area contributed by atoms with Crippen LogP contribution in [0.25, 0.3) is 11.3 Å². The van der Waals surface area contributed by atoms with Crippen molar-refractivity contribution in [3.63, 3.8) is 0 Å². The number of rotatable bonds is 3. The molecule has 2 fully saturated rings. The van der Waals surface area contributed by atoms with Gasteiger partial charge in [-0.2, -0.15) is 0 Å². The molecule has 0 aromatic carbocycles. The van der Waals surface area contributed by atoms with Crippen molar-refractivity contribution in [3.05, 3.63) is 40.6 Å². The van der Waals surface area contributed by atoms with E-state index in [1.54, 1.807) is 12.1 Å². The number of hydrogen-bond acceptors (Lipinski definition) is 5. The number of likely N-dealkylation sites (tertiary alicyclic amines) is 1. The van der Waals surface area contributed by atoms with Gasteiger partial charge in [-0.1, -0.05) is 6.42 Å². The molecule has 0 amide bonds. The Morgan fingerprint density at radius 2 is 2.00 bits per heavy atom. The number of nitrogens with two attached hydrogens (primary N) is 1. The van der Waals surface area contributed by atoms with Gasteiger partial charge in [0, 0.05) is 55.5 Å². The molecule has 2 N–H and O–H groups in total. The lowest BCUT2D eigenvalue weighted by Gasteiger charge is -2.44. The van der Waals surface area contributed by atoms with Gasteiger partial charge in [0.1, 0.15) is 12.1 Å². The van der Waals surface area contributed by atoms with Gasteiger partial charge in [0.25, 0.3) is 5.56 Å². The second-order valence-corrected chi connectivity index (χ2v) is 8.26. The van der Waals surface area contributed by atoms with Gasteiger partial charge in [0.05, 0.1) is 5.69 Å². The summed E-state index contributed by atoms with van der Waals surface area (Å²) >= 11 is 0. The van der Waals surface area contributed by atoms with E-state index >= 15 is 0 Å². The molecule has 2 aromatic rings. The van der Waals surface area contributed by atoms with Crippen molar-refractivity contribution in [1.29, 1.82) is 0 Å². The minimum atomic E-state index is 0.0804. The second-order valence-electron chi connectivity index (χ2n) is 8.26. The predicted molar refractivity (Wildman–Crippen MR) is 101 cm³/mol. The van der Waals surface area contributed by atoms with Gasteiger partial charge in [-0.15, -0.1) is 0 Å². The quantitative estimate of drug-likeness (QED) is 0.916. The van der Waals surface area contributed by atoms with E-state index in [4.69, 9.17) is 5.73 Å². The molecule has 0 unspecified atom stereocenters. The van der Waals surface area contributed by atoms with E-state index in [1.165, 1.54) is 44.2 Å². The van der Waals surface area contributed by atoms with Gasteiger partial charge in [-0.25, -0.2) is 9.97 Å². The molecule has 1 saturated heterocycles. The van der Waals surface area contributed by atoms with Crippen molar-refractivity contribution in [2.24, 2.45) is 11.8 Å². The van der Waals surface area contributed by atoms with E-state index in [9.17, 15) is 4.79 Å². The van der Waals surface area contributed by atoms with Gasteiger partial charge >= 0.3 is 0 Å². The molecule has 136 valence electrons. The molecule has 3 aliphatic rings. The van der Waals surface area contributed by atoms with Crippen LogP contribution in [-0.4, -0.2) is 39.1 Å². The van der Waals surface area contributed by atoms with Gasteiger partial charge in [0.15, 0.2) is 0 Å². The Balaban J connectivity index is 1.48. The van der Waals surface area contributed by atoms with Crippen LogP contribution in [0.4, 0.5) is 5.82 Å². The number of pyridine rings is 1. The first kappa shape index (κ1) is 16.0. The molecular weight excluding hydrogens is 326 g/mol. The van der Waals surface area contributed by atoms with Gasteiger partial charge < -0.3 is 15.2 Å². The largest absolute Gasteiger partial charge is 0.384 e. The van der Waals surface area contributed by atoms with Crippen molar-refractivity contribution in [3.8, 4) is 11.3 Å². The first-order valence-electron chi connectivity index (χ1n) is 9.71. The summed E-state index contributed by atoms with van der Waals surface area (Å²) < 4.78 is 1.99. The standard InChI is InChI=1S/C20H25N5O/c21-19-7-17(22-12-23-19)15-5-18-16-4-14(10-25(18)20(26)6-15)9-24(11-16)8-13-2-1-3-13/h5-7,12-14,16H,1-4,8-11H2,(H2,21,22,23)/t14-,16+/m0/s1. The Labute approximate surface area is 153 Å². The van der Waals surface area contributed by atoms with Crippen LogP contribution in [-0.2, 0) is 6.54 Å². The van der Waals surface area contributed by atoms with E-state index in [-0.39, 0.29) is 5.56 Å². The zero-order valence-corrected chi connectivity index (χ0v) is 15.0. The smallest absolute Gasteiger partial charge is 0.251 e. The summed E-state index contributed by atoms with van der Waals surface area (Å²) in [6.07, 6.45) is 6.83. The van der Waals surface area contributed by atoms with Gasteiger partial charge in [-0.3, -0.25) is 4.79 Å². The molecule has 1 aliphatic carbocycles. The van der Waals surface area contributed by atoms with Crippen molar-refractivity contribution in [2.75, 3.05) is 25.4 Å². The normalized spacial score (nSPS) is 25.5. The zero-order valence-electron chi connectivity index (χ0n) is 15.0. The molecule has 2 atom stereocenters. The number of nitrogens with zero attached hydrogens (tertiary/aromatic N) is 4. The van der Waals surface area contributed by atoms with Crippen molar-refractivity contribution in [2.45, 2.75) is 38.1 Å². The summed E-state index contributed by atoms with van der Waals surface area (Å²) in [5.41, 5.74) is 8.62. The van der Waals surface area contributed by atoms with E-state index in [1.807, 2.05) is 4.57 Å². The Kier molecular flexibility index (Phi) is 3.81. The van der Waals surface area contributed by atoms with Crippen molar-refractivity contribution in [1.82, 2.24) is 19.4 Å². The van der Waals surface area contributed by atoms with Crippen LogP contribution in [0, 0.1) is 11.8 Å². The fourth-order valence-electron chi connectivity index (χ4n) is 4.93. The fraction of sp³-hybridized carbons (Fsp3) is 0.550. The molecule has 6 heteroatoms. The summed E-state index contributed by atoms with van der Waals surface area (Å²) in [7, 11) is 0. The molecule has 0 spiro atoms. The highest BCUT2D eigenvalue weighted by Gasteiger charge is 2.36.